The van der Waals surface area contributed by atoms with E-state index < -0.39 is 0 Å². The molecule has 0 saturated carbocycles. The van der Waals surface area contributed by atoms with Gasteiger partial charge in [-0.2, -0.15) is 0 Å². The maximum Gasteiger partial charge on any atom is 0.182 e. The zero-order valence-corrected chi connectivity index (χ0v) is 18.0. The Morgan fingerprint density at radius 1 is 1.00 bits per heavy atom. The molecule has 1 aromatic heterocycles. The average molecular weight is 432 g/mol. The first kappa shape index (κ1) is 22.3. The Kier molecular flexibility index (Phi) is 7.59. The van der Waals surface area contributed by atoms with Crippen LogP contribution < -0.4 is 4.74 Å². The molecule has 156 valence electrons. The minimum Gasteiger partial charge on any atom is -0.457 e. The third kappa shape index (κ3) is 6.53. The molecular weight excluding hydrogens is 410 g/mol. The predicted octanol–water partition coefficient (Wildman–Crippen LogP) is 5.79. The molecule has 5 heteroatoms. The molecule has 0 unspecified atom stereocenters. The summed E-state index contributed by atoms with van der Waals surface area (Å²) in [5.41, 5.74) is 3.15. The molecule has 0 amide bonds. The van der Waals surface area contributed by atoms with E-state index in [2.05, 4.69) is 10.9 Å². The monoisotopic (exact) mass is 431 g/mol. The highest BCUT2D eigenvalue weighted by Gasteiger charge is 2.10. The van der Waals surface area contributed by atoms with Crippen molar-refractivity contribution < 1.29 is 14.3 Å². The van der Waals surface area contributed by atoms with Gasteiger partial charge in [0.2, 0.25) is 0 Å². The van der Waals surface area contributed by atoms with Gasteiger partial charge in [0.05, 0.1) is 0 Å². The SMILES string of the molecule is C#CCCC(=O)c1cc(Oc2ccc(CC(=O)Cc3ccc(Cl)c(C)c3)cc2)ccn1. The van der Waals surface area contributed by atoms with E-state index in [1.165, 1.54) is 6.20 Å². The van der Waals surface area contributed by atoms with Crippen molar-refractivity contribution in [3.8, 4) is 23.8 Å². The minimum atomic E-state index is -0.117. The summed E-state index contributed by atoms with van der Waals surface area (Å²) < 4.78 is 5.82. The molecular formula is C26H22ClNO3. The predicted molar refractivity (Wildman–Crippen MR) is 122 cm³/mol. The molecule has 0 radical (unpaired) electrons. The number of carbonyl (C=O) groups is 2. The lowest BCUT2D eigenvalue weighted by molar-refractivity contribution is -0.117. The van der Waals surface area contributed by atoms with Gasteiger partial charge in [0.25, 0.3) is 0 Å². The highest BCUT2D eigenvalue weighted by Crippen LogP contribution is 2.23. The van der Waals surface area contributed by atoms with Crippen molar-refractivity contribution in [3.63, 3.8) is 0 Å². The van der Waals surface area contributed by atoms with Crippen LogP contribution in [-0.2, 0) is 17.6 Å². The Bertz CT molecular complexity index is 1130. The van der Waals surface area contributed by atoms with Crippen molar-refractivity contribution in [2.75, 3.05) is 0 Å². The molecule has 0 spiro atoms. The van der Waals surface area contributed by atoms with E-state index in [9.17, 15) is 9.59 Å². The smallest absolute Gasteiger partial charge is 0.182 e. The Balaban J connectivity index is 1.59. The number of ether oxygens (including phenoxy) is 1. The fraction of sp³-hybridized carbons (Fsp3) is 0.192. The third-order valence-electron chi connectivity index (χ3n) is 4.70. The van der Waals surface area contributed by atoms with Gasteiger partial charge < -0.3 is 4.74 Å². The minimum absolute atomic E-state index is 0.117. The first-order valence-electron chi connectivity index (χ1n) is 9.91. The number of hydrogen-bond acceptors (Lipinski definition) is 4. The second-order valence-electron chi connectivity index (χ2n) is 7.23. The van der Waals surface area contributed by atoms with Crippen molar-refractivity contribution in [2.45, 2.75) is 32.6 Å². The summed E-state index contributed by atoms with van der Waals surface area (Å²) in [5, 5.41) is 0.699. The number of ketones is 2. The van der Waals surface area contributed by atoms with Gasteiger partial charge in [-0.05, 0) is 47.9 Å². The molecule has 2 aromatic carbocycles. The summed E-state index contributed by atoms with van der Waals surface area (Å²) in [7, 11) is 0. The van der Waals surface area contributed by atoms with Gasteiger partial charge in [-0.25, -0.2) is 0 Å². The van der Waals surface area contributed by atoms with Crippen LogP contribution in [-0.4, -0.2) is 16.6 Å². The fourth-order valence-corrected chi connectivity index (χ4v) is 3.20. The van der Waals surface area contributed by atoms with Crippen LogP contribution >= 0.6 is 11.6 Å². The summed E-state index contributed by atoms with van der Waals surface area (Å²) in [6.45, 7) is 1.92. The van der Waals surface area contributed by atoms with Gasteiger partial charge in [0.15, 0.2) is 5.78 Å². The van der Waals surface area contributed by atoms with Crippen molar-refractivity contribution >= 4 is 23.2 Å². The topological polar surface area (TPSA) is 56.3 Å². The van der Waals surface area contributed by atoms with Crippen LogP contribution in [0.1, 0.15) is 40.0 Å². The van der Waals surface area contributed by atoms with Crippen molar-refractivity contribution in [1.29, 1.82) is 0 Å². The number of terminal acetylenes is 1. The van der Waals surface area contributed by atoms with Crippen molar-refractivity contribution in [2.24, 2.45) is 0 Å². The van der Waals surface area contributed by atoms with E-state index in [1.54, 1.807) is 24.3 Å². The zero-order chi connectivity index (χ0) is 22.2. The van der Waals surface area contributed by atoms with Crippen LogP contribution in [0, 0.1) is 19.3 Å². The number of aromatic nitrogens is 1. The number of pyridine rings is 1. The number of carbonyl (C=O) groups excluding carboxylic acids is 2. The van der Waals surface area contributed by atoms with Crippen LogP contribution in [0.15, 0.2) is 60.8 Å². The Morgan fingerprint density at radius 2 is 1.71 bits per heavy atom. The second kappa shape index (κ2) is 10.6. The van der Waals surface area contributed by atoms with Gasteiger partial charge in [-0.1, -0.05) is 35.9 Å². The van der Waals surface area contributed by atoms with Gasteiger partial charge in [-0.3, -0.25) is 14.6 Å². The largest absolute Gasteiger partial charge is 0.457 e. The van der Waals surface area contributed by atoms with Gasteiger partial charge >= 0.3 is 0 Å². The van der Waals surface area contributed by atoms with E-state index in [4.69, 9.17) is 22.8 Å². The third-order valence-corrected chi connectivity index (χ3v) is 5.12. The van der Waals surface area contributed by atoms with E-state index in [0.717, 1.165) is 16.7 Å². The van der Waals surface area contributed by atoms with Crippen LogP contribution in [0.2, 0.25) is 5.02 Å². The number of rotatable bonds is 9. The Morgan fingerprint density at radius 3 is 2.42 bits per heavy atom. The van der Waals surface area contributed by atoms with Crippen LogP contribution in [0.3, 0.4) is 0 Å². The van der Waals surface area contributed by atoms with Gasteiger partial charge in [-0.15, -0.1) is 12.3 Å². The number of aryl methyl sites for hydroxylation is 1. The van der Waals surface area contributed by atoms with Crippen LogP contribution in [0.5, 0.6) is 11.5 Å². The molecule has 4 nitrogen and oxygen atoms in total. The number of benzene rings is 2. The van der Waals surface area contributed by atoms with Crippen LogP contribution in [0.25, 0.3) is 0 Å². The molecule has 1 heterocycles. The van der Waals surface area contributed by atoms with Crippen LogP contribution in [0.4, 0.5) is 0 Å². The molecule has 0 aliphatic heterocycles. The molecule has 0 aliphatic rings. The van der Waals surface area contributed by atoms with E-state index in [1.807, 2.05) is 37.3 Å². The summed E-state index contributed by atoms with van der Waals surface area (Å²) in [5.74, 6) is 3.58. The fourth-order valence-electron chi connectivity index (χ4n) is 3.09. The number of nitrogens with zero attached hydrogens (tertiary/aromatic N) is 1. The standard InChI is InChI=1S/C26H22ClNO3/c1-3-4-5-26(30)25-17-23(12-13-28-25)31-22-9-6-19(7-10-22)15-21(29)16-20-8-11-24(27)18(2)14-20/h1,6-14,17H,4-5,15-16H2,2H3. The van der Waals surface area contributed by atoms with E-state index in [-0.39, 0.29) is 18.0 Å². The average Bonchev–Trinajstić information content (AvgIpc) is 2.76. The van der Waals surface area contributed by atoms with Gasteiger partial charge in [0, 0.05) is 43.0 Å². The highest BCUT2D eigenvalue weighted by molar-refractivity contribution is 6.31. The van der Waals surface area contributed by atoms with Crippen molar-refractivity contribution in [1.82, 2.24) is 4.98 Å². The molecule has 3 rings (SSSR count). The maximum absolute atomic E-state index is 12.4. The summed E-state index contributed by atoms with van der Waals surface area (Å²) in [6.07, 6.45) is 8.07. The first-order valence-corrected chi connectivity index (χ1v) is 10.3. The molecule has 0 atom stereocenters. The zero-order valence-electron chi connectivity index (χ0n) is 17.2. The summed E-state index contributed by atoms with van der Waals surface area (Å²) in [4.78, 5) is 28.6. The number of hydrogen-bond donors (Lipinski definition) is 0. The molecule has 31 heavy (non-hydrogen) atoms. The normalized spacial score (nSPS) is 10.4. The van der Waals surface area contributed by atoms with E-state index in [0.29, 0.717) is 41.5 Å². The molecule has 0 bridgehead atoms. The Labute approximate surface area is 187 Å². The maximum atomic E-state index is 12.4. The lowest BCUT2D eigenvalue weighted by atomic mass is 10.0. The molecule has 0 saturated heterocycles. The number of halogens is 1. The summed E-state index contributed by atoms with van der Waals surface area (Å²) >= 11 is 6.04. The summed E-state index contributed by atoms with van der Waals surface area (Å²) in [6, 6.07) is 16.3. The highest BCUT2D eigenvalue weighted by atomic mass is 35.5. The first-order chi connectivity index (χ1) is 14.9. The van der Waals surface area contributed by atoms with E-state index >= 15 is 0 Å². The Hall–Kier alpha value is -3.42. The lowest BCUT2D eigenvalue weighted by Crippen LogP contribution is -2.06. The van der Waals surface area contributed by atoms with Gasteiger partial charge in [0.1, 0.15) is 23.0 Å². The quantitative estimate of drug-likeness (QED) is 0.318. The van der Waals surface area contributed by atoms with Crippen molar-refractivity contribution in [3.05, 3.63) is 88.2 Å². The second-order valence-corrected chi connectivity index (χ2v) is 7.63. The molecule has 0 aliphatic carbocycles. The number of Topliss-reactive ketones (excluding diaryl/α,β-unsaturated/α-hetero) is 2. The molecule has 3 aromatic rings. The lowest BCUT2D eigenvalue weighted by Gasteiger charge is -2.08. The molecule has 0 N–H and O–H groups in total. The molecule has 0 fully saturated rings.